The van der Waals surface area contributed by atoms with Crippen LogP contribution in [0.15, 0.2) is 30.3 Å². The maximum absolute atomic E-state index is 12.2. The van der Waals surface area contributed by atoms with E-state index in [2.05, 4.69) is 27.4 Å². The molecule has 2 aromatic heterocycles. The first-order valence-electron chi connectivity index (χ1n) is 9.26. The number of phenolic OH excluding ortho intramolecular Hbond substituents is 1. The van der Waals surface area contributed by atoms with Crippen molar-refractivity contribution in [3.05, 3.63) is 47.3 Å². The molecule has 6 heteroatoms. The van der Waals surface area contributed by atoms with Crippen LogP contribution in [0.3, 0.4) is 0 Å². The van der Waals surface area contributed by atoms with Crippen LogP contribution < -0.4 is 5.73 Å². The molecule has 0 spiro atoms. The number of nitrogens with zero attached hydrogens (tertiary/aromatic N) is 3. The van der Waals surface area contributed by atoms with Crippen molar-refractivity contribution in [3.8, 4) is 5.75 Å². The number of hydrogen-bond acceptors (Lipinski definition) is 4. The highest BCUT2D eigenvalue weighted by atomic mass is 16.3. The number of hydrogen-bond donors (Lipinski definition) is 2. The number of benzene rings is 2. The van der Waals surface area contributed by atoms with E-state index < -0.39 is 5.91 Å². The van der Waals surface area contributed by atoms with E-state index in [0.717, 1.165) is 56.8 Å². The van der Waals surface area contributed by atoms with Gasteiger partial charge in [-0.3, -0.25) is 4.79 Å². The molecule has 28 heavy (non-hydrogen) atoms. The van der Waals surface area contributed by atoms with E-state index in [4.69, 9.17) is 5.73 Å². The topological polar surface area (TPSA) is 84.4 Å². The maximum atomic E-state index is 12.2. The molecule has 0 aliphatic heterocycles. The molecule has 3 N–H and O–H groups in total. The van der Waals surface area contributed by atoms with Crippen molar-refractivity contribution in [3.63, 3.8) is 0 Å². The third kappa shape index (κ3) is 2.77. The molecule has 2 heterocycles. The summed E-state index contributed by atoms with van der Waals surface area (Å²) in [6, 6.07) is 9.39. The molecule has 0 radical (unpaired) electrons. The number of pyridine rings is 1. The van der Waals surface area contributed by atoms with Crippen molar-refractivity contribution >= 4 is 38.5 Å². The molecule has 4 rings (SSSR count). The van der Waals surface area contributed by atoms with E-state index in [0.29, 0.717) is 5.69 Å². The summed E-state index contributed by atoms with van der Waals surface area (Å²) in [5.74, 6) is -0.316. The van der Waals surface area contributed by atoms with E-state index in [9.17, 15) is 9.90 Å². The number of likely N-dealkylation sites (N-methyl/N-ethyl adjacent to an activating group) is 1. The molecule has 4 aromatic rings. The smallest absolute Gasteiger partial charge is 0.267 e. The fraction of sp³-hybridized carbons (Fsp3) is 0.273. The fourth-order valence-electron chi connectivity index (χ4n) is 4.05. The molecular formula is C22H24N4O2. The van der Waals surface area contributed by atoms with Gasteiger partial charge in [-0.05, 0) is 62.3 Å². The van der Waals surface area contributed by atoms with Crippen LogP contribution in [0.1, 0.15) is 21.7 Å². The summed E-state index contributed by atoms with van der Waals surface area (Å²) in [7, 11) is 6.04. The zero-order valence-electron chi connectivity index (χ0n) is 16.6. The van der Waals surface area contributed by atoms with Gasteiger partial charge >= 0.3 is 0 Å². The van der Waals surface area contributed by atoms with Crippen molar-refractivity contribution in [1.29, 1.82) is 0 Å². The number of aromatic nitrogens is 2. The van der Waals surface area contributed by atoms with E-state index in [1.165, 1.54) is 0 Å². The van der Waals surface area contributed by atoms with Crippen LogP contribution in [0.5, 0.6) is 5.75 Å². The van der Waals surface area contributed by atoms with Crippen molar-refractivity contribution in [1.82, 2.24) is 14.5 Å². The zero-order chi connectivity index (χ0) is 20.2. The molecule has 0 bridgehead atoms. The lowest BCUT2D eigenvalue weighted by molar-refractivity contribution is 0.0997. The maximum Gasteiger partial charge on any atom is 0.267 e. The van der Waals surface area contributed by atoms with Crippen molar-refractivity contribution in [2.75, 3.05) is 20.6 Å². The molecule has 0 unspecified atom stereocenters. The van der Waals surface area contributed by atoms with Gasteiger partial charge in [0.05, 0.1) is 5.52 Å². The van der Waals surface area contributed by atoms with E-state index >= 15 is 0 Å². The molecule has 0 aliphatic rings. The Morgan fingerprint density at radius 2 is 1.89 bits per heavy atom. The summed E-state index contributed by atoms with van der Waals surface area (Å²) in [5.41, 5.74) is 10.0. The number of carbonyl (C=O) groups is 1. The van der Waals surface area contributed by atoms with Gasteiger partial charge in [0.1, 0.15) is 11.4 Å². The van der Waals surface area contributed by atoms with Gasteiger partial charge in [-0.2, -0.15) is 0 Å². The largest absolute Gasteiger partial charge is 0.508 e. The number of nitrogens with two attached hydrogens (primary N) is 1. The first kappa shape index (κ1) is 18.3. The second-order valence-corrected chi connectivity index (χ2v) is 7.63. The third-order valence-corrected chi connectivity index (χ3v) is 5.43. The minimum atomic E-state index is -0.529. The second kappa shape index (κ2) is 6.49. The highest BCUT2D eigenvalue weighted by Gasteiger charge is 2.18. The molecule has 0 atom stereocenters. The van der Waals surface area contributed by atoms with Gasteiger partial charge in [-0.1, -0.05) is 0 Å². The van der Waals surface area contributed by atoms with Gasteiger partial charge in [0.2, 0.25) is 0 Å². The Kier molecular flexibility index (Phi) is 4.23. The predicted molar refractivity (Wildman–Crippen MR) is 113 cm³/mol. The number of carbonyl (C=O) groups excluding carboxylic acids is 1. The molecule has 0 saturated carbocycles. The van der Waals surface area contributed by atoms with Crippen LogP contribution in [0.4, 0.5) is 0 Å². The van der Waals surface area contributed by atoms with Crippen LogP contribution in [0.2, 0.25) is 0 Å². The average Bonchev–Trinajstić information content (AvgIpc) is 2.91. The SMILES string of the molecule is Cc1c2cc(CCN(C)C)nc(C(N)=O)c2cc2c3cc(O)ccc3n(C)c12. The van der Waals surface area contributed by atoms with Gasteiger partial charge in [0.25, 0.3) is 5.91 Å². The van der Waals surface area contributed by atoms with E-state index in [1.54, 1.807) is 12.1 Å². The molecule has 6 nitrogen and oxygen atoms in total. The number of aromatic hydroxyl groups is 1. The molecule has 0 aliphatic carbocycles. The van der Waals surface area contributed by atoms with Crippen LogP contribution in [-0.4, -0.2) is 46.1 Å². The second-order valence-electron chi connectivity index (χ2n) is 7.63. The van der Waals surface area contributed by atoms with E-state index in [-0.39, 0.29) is 5.75 Å². The van der Waals surface area contributed by atoms with Crippen LogP contribution in [0.25, 0.3) is 32.6 Å². The van der Waals surface area contributed by atoms with Gasteiger partial charge in [-0.15, -0.1) is 0 Å². The summed E-state index contributed by atoms with van der Waals surface area (Å²) in [6.45, 7) is 2.90. The Bertz CT molecular complexity index is 1250. The Morgan fingerprint density at radius 3 is 2.57 bits per heavy atom. The normalized spacial score (nSPS) is 11.9. The first-order valence-corrected chi connectivity index (χ1v) is 9.26. The summed E-state index contributed by atoms with van der Waals surface area (Å²) < 4.78 is 2.13. The number of phenols is 1. The standard InChI is InChI=1S/C22H24N4O2/c1-12-15-9-13(7-8-25(2)3)24-20(22(23)28)17(15)11-18-16-10-14(27)5-6-19(16)26(4)21(12)18/h5-6,9-11,27H,7-8H2,1-4H3,(H2,23,28). The van der Waals surface area contributed by atoms with Crippen LogP contribution >= 0.6 is 0 Å². The minimum absolute atomic E-state index is 0.213. The molecule has 1 amide bonds. The summed E-state index contributed by atoms with van der Waals surface area (Å²) in [4.78, 5) is 18.8. The lowest BCUT2D eigenvalue weighted by atomic mass is 9.98. The molecule has 2 aromatic carbocycles. The number of aryl methyl sites for hydroxylation is 2. The number of amides is 1. The monoisotopic (exact) mass is 376 g/mol. The van der Waals surface area contributed by atoms with Crippen LogP contribution in [0, 0.1) is 6.92 Å². The van der Waals surface area contributed by atoms with Gasteiger partial charge in [-0.25, -0.2) is 4.98 Å². The summed E-state index contributed by atoms with van der Waals surface area (Å²) in [5, 5.41) is 13.6. The average molecular weight is 376 g/mol. The molecule has 0 saturated heterocycles. The Labute approximate surface area is 163 Å². The minimum Gasteiger partial charge on any atom is -0.508 e. The summed E-state index contributed by atoms with van der Waals surface area (Å²) >= 11 is 0. The number of fused-ring (bicyclic) bond motifs is 4. The fourth-order valence-corrected chi connectivity index (χ4v) is 4.05. The molecule has 0 fully saturated rings. The number of rotatable bonds is 4. The van der Waals surface area contributed by atoms with Crippen molar-refractivity contribution in [2.45, 2.75) is 13.3 Å². The van der Waals surface area contributed by atoms with E-state index in [1.807, 2.05) is 33.3 Å². The van der Waals surface area contributed by atoms with Gasteiger partial charge in [0, 0.05) is 47.4 Å². The number of primary amides is 1. The Hall–Kier alpha value is -3.12. The first-order chi connectivity index (χ1) is 13.3. The lowest BCUT2D eigenvalue weighted by Gasteiger charge is -2.13. The quantitative estimate of drug-likeness (QED) is 0.573. The van der Waals surface area contributed by atoms with Crippen molar-refractivity contribution in [2.24, 2.45) is 12.8 Å². The van der Waals surface area contributed by atoms with Crippen LogP contribution in [-0.2, 0) is 13.5 Å². The Balaban J connectivity index is 2.11. The third-order valence-electron chi connectivity index (χ3n) is 5.43. The molecule has 144 valence electrons. The lowest BCUT2D eigenvalue weighted by Crippen LogP contribution is -2.18. The summed E-state index contributed by atoms with van der Waals surface area (Å²) in [6.07, 6.45) is 0.740. The molecular weight excluding hydrogens is 352 g/mol. The van der Waals surface area contributed by atoms with Gasteiger partial charge < -0.3 is 20.3 Å². The highest BCUT2D eigenvalue weighted by molar-refractivity contribution is 6.17. The van der Waals surface area contributed by atoms with Gasteiger partial charge in [0.15, 0.2) is 0 Å². The Morgan fingerprint density at radius 1 is 1.14 bits per heavy atom. The zero-order valence-corrected chi connectivity index (χ0v) is 16.6. The highest BCUT2D eigenvalue weighted by Crippen LogP contribution is 2.37. The van der Waals surface area contributed by atoms with Crippen molar-refractivity contribution < 1.29 is 9.90 Å². The predicted octanol–water partition coefficient (Wildman–Crippen LogP) is 3.10.